The summed E-state index contributed by atoms with van der Waals surface area (Å²) in [7, 11) is 0. The van der Waals surface area contributed by atoms with Crippen molar-refractivity contribution < 1.29 is 4.79 Å². The number of anilines is 1. The molecule has 0 spiro atoms. The topological polar surface area (TPSA) is 67.8 Å². The van der Waals surface area contributed by atoms with Gasteiger partial charge in [-0.05, 0) is 59.8 Å². The molecule has 33 heavy (non-hydrogen) atoms. The van der Waals surface area contributed by atoms with Gasteiger partial charge in [0.2, 0.25) is 0 Å². The minimum absolute atomic E-state index is 0.135. The number of nitrogens with zero attached hydrogens (tertiary/aromatic N) is 3. The Labute approximate surface area is 192 Å². The van der Waals surface area contributed by atoms with Crippen molar-refractivity contribution in [3.63, 3.8) is 0 Å². The number of pyridine rings is 1. The minimum Gasteiger partial charge on any atom is -0.321 e. The van der Waals surface area contributed by atoms with Crippen molar-refractivity contribution in [2.24, 2.45) is 0 Å². The first-order valence-electron chi connectivity index (χ1n) is 10.8. The van der Waals surface area contributed by atoms with Crippen LogP contribution in [0.15, 0.2) is 97.6 Å². The van der Waals surface area contributed by atoms with E-state index in [9.17, 15) is 4.79 Å². The SMILES string of the molecule is Cc1ccc(C(=O)Nc2cccc3ccccc23)cc1Cc1ncccc1-c1ccncn1. The van der Waals surface area contributed by atoms with Crippen LogP contribution in [0.25, 0.3) is 22.0 Å². The van der Waals surface area contributed by atoms with Crippen LogP contribution < -0.4 is 5.32 Å². The van der Waals surface area contributed by atoms with Crippen molar-refractivity contribution in [2.75, 3.05) is 5.32 Å². The van der Waals surface area contributed by atoms with Crippen molar-refractivity contribution in [2.45, 2.75) is 13.3 Å². The van der Waals surface area contributed by atoms with E-state index in [0.717, 1.165) is 44.5 Å². The zero-order valence-electron chi connectivity index (χ0n) is 18.2. The van der Waals surface area contributed by atoms with Crippen molar-refractivity contribution in [3.05, 3.63) is 120 Å². The van der Waals surface area contributed by atoms with E-state index < -0.39 is 0 Å². The summed E-state index contributed by atoms with van der Waals surface area (Å²) in [5.74, 6) is -0.135. The first kappa shape index (κ1) is 20.5. The lowest BCUT2D eigenvalue weighted by atomic mass is 9.97. The molecular formula is C28H22N4O. The van der Waals surface area contributed by atoms with Crippen LogP contribution in [0, 0.1) is 6.92 Å². The Morgan fingerprint density at radius 1 is 0.879 bits per heavy atom. The van der Waals surface area contributed by atoms with Crippen molar-refractivity contribution >= 4 is 22.4 Å². The molecule has 1 amide bonds. The molecule has 5 nitrogen and oxygen atoms in total. The molecule has 0 bridgehead atoms. The summed E-state index contributed by atoms with van der Waals surface area (Å²) in [6.45, 7) is 2.05. The highest BCUT2D eigenvalue weighted by Crippen LogP contribution is 2.26. The third-order valence-corrected chi connectivity index (χ3v) is 5.76. The highest BCUT2D eigenvalue weighted by molar-refractivity contribution is 6.09. The number of benzene rings is 3. The van der Waals surface area contributed by atoms with Crippen LogP contribution in [-0.2, 0) is 6.42 Å². The summed E-state index contributed by atoms with van der Waals surface area (Å²) >= 11 is 0. The molecule has 3 aromatic carbocycles. The Morgan fingerprint density at radius 3 is 2.64 bits per heavy atom. The Balaban J connectivity index is 1.44. The van der Waals surface area contributed by atoms with Gasteiger partial charge in [-0.25, -0.2) is 9.97 Å². The number of nitrogens with one attached hydrogen (secondary N) is 1. The molecule has 0 aliphatic heterocycles. The van der Waals surface area contributed by atoms with Gasteiger partial charge >= 0.3 is 0 Å². The Morgan fingerprint density at radius 2 is 1.76 bits per heavy atom. The van der Waals surface area contributed by atoms with Crippen molar-refractivity contribution in [1.29, 1.82) is 0 Å². The van der Waals surface area contributed by atoms with Crippen LogP contribution >= 0.6 is 0 Å². The van der Waals surface area contributed by atoms with Crippen LogP contribution in [0.3, 0.4) is 0 Å². The van der Waals surface area contributed by atoms with E-state index in [0.29, 0.717) is 12.0 Å². The normalized spacial score (nSPS) is 10.8. The summed E-state index contributed by atoms with van der Waals surface area (Å²) in [5.41, 5.74) is 6.27. The molecule has 0 aliphatic rings. The molecule has 0 fully saturated rings. The number of rotatable bonds is 5. The highest BCUT2D eigenvalue weighted by atomic mass is 16.1. The standard InChI is InChI=1S/C28H22N4O/c1-19-11-12-21(28(33)32-26-10-4-7-20-6-2-3-8-23(20)26)16-22(19)17-27-24(9-5-14-30-27)25-13-15-29-18-31-25/h2-16,18H,17H2,1H3,(H,32,33). The zero-order valence-corrected chi connectivity index (χ0v) is 18.2. The van der Waals surface area contributed by atoms with Crippen LogP contribution in [0.5, 0.6) is 0 Å². The average Bonchev–Trinajstić information content (AvgIpc) is 2.86. The van der Waals surface area contributed by atoms with Gasteiger partial charge < -0.3 is 5.32 Å². The number of hydrogen-bond acceptors (Lipinski definition) is 4. The molecular weight excluding hydrogens is 408 g/mol. The largest absolute Gasteiger partial charge is 0.321 e. The molecule has 0 saturated heterocycles. The molecule has 0 aliphatic carbocycles. The molecule has 160 valence electrons. The van der Waals surface area contributed by atoms with Crippen molar-refractivity contribution in [1.82, 2.24) is 15.0 Å². The summed E-state index contributed by atoms with van der Waals surface area (Å²) in [6.07, 6.45) is 5.64. The summed E-state index contributed by atoms with van der Waals surface area (Å²) in [4.78, 5) is 26.1. The quantitative estimate of drug-likeness (QED) is 0.380. The van der Waals surface area contributed by atoms with E-state index in [1.807, 2.05) is 78.9 Å². The van der Waals surface area contributed by atoms with Gasteiger partial charge in [0, 0.05) is 41.0 Å². The first-order valence-corrected chi connectivity index (χ1v) is 10.8. The van der Waals surface area contributed by atoms with Crippen LogP contribution in [0.4, 0.5) is 5.69 Å². The Hall–Kier alpha value is -4.38. The van der Waals surface area contributed by atoms with Crippen LogP contribution in [-0.4, -0.2) is 20.9 Å². The van der Waals surface area contributed by atoms with Gasteiger partial charge in [0.15, 0.2) is 0 Å². The lowest BCUT2D eigenvalue weighted by Gasteiger charge is -2.13. The molecule has 0 atom stereocenters. The summed E-state index contributed by atoms with van der Waals surface area (Å²) in [5, 5.41) is 5.18. The molecule has 2 heterocycles. The zero-order chi connectivity index (χ0) is 22.6. The molecule has 2 aromatic heterocycles. The number of amides is 1. The maximum atomic E-state index is 13.1. The second-order valence-corrected chi connectivity index (χ2v) is 7.89. The number of aromatic nitrogens is 3. The third-order valence-electron chi connectivity index (χ3n) is 5.76. The fraction of sp³-hybridized carbons (Fsp3) is 0.0714. The van der Waals surface area contributed by atoms with Gasteiger partial charge in [0.25, 0.3) is 5.91 Å². The van der Waals surface area contributed by atoms with Gasteiger partial charge in [-0.3, -0.25) is 9.78 Å². The fourth-order valence-electron chi connectivity index (χ4n) is 3.97. The average molecular weight is 431 g/mol. The first-order chi connectivity index (χ1) is 16.2. The second-order valence-electron chi connectivity index (χ2n) is 7.89. The van der Waals surface area contributed by atoms with Gasteiger partial charge in [-0.1, -0.05) is 42.5 Å². The predicted octanol–water partition coefficient (Wildman–Crippen LogP) is 5.84. The summed E-state index contributed by atoms with van der Waals surface area (Å²) < 4.78 is 0. The fourth-order valence-corrected chi connectivity index (χ4v) is 3.97. The van der Waals surface area contributed by atoms with Crippen LogP contribution in [0.2, 0.25) is 0 Å². The smallest absolute Gasteiger partial charge is 0.255 e. The van der Waals surface area contributed by atoms with Gasteiger partial charge in [-0.2, -0.15) is 0 Å². The molecule has 1 N–H and O–H groups in total. The van der Waals surface area contributed by atoms with E-state index in [4.69, 9.17) is 0 Å². The molecule has 5 rings (SSSR count). The molecule has 0 radical (unpaired) electrons. The Bertz CT molecular complexity index is 1440. The lowest BCUT2D eigenvalue weighted by Crippen LogP contribution is -2.13. The highest BCUT2D eigenvalue weighted by Gasteiger charge is 2.13. The third kappa shape index (κ3) is 4.34. The van der Waals surface area contributed by atoms with Gasteiger partial charge in [0.05, 0.1) is 11.4 Å². The molecule has 0 saturated carbocycles. The van der Waals surface area contributed by atoms with E-state index in [2.05, 4.69) is 27.2 Å². The minimum atomic E-state index is -0.135. The number of carbonyl (C=O) groups is 1. The van der Waals surface area contributed by atoms with Crippen LogP contribution in [0.1, 0.15) is 27.2 Å². The maximum Gasteiger partial charge on any atom is 0.255 e. The van der Waals surface area contributed by atoms with Gasteiger partial charge in [0.1, 0.15) is 6.33 Å². The molecule has 5 heteroatoms. The monoisotopic (exact) mass is 430 g/mol. The number of hydrogen-bond donors (Lipinski definition) is 1. The van der Waals surface area contributed by atoms with E-state index in [-0.39, 0.29) is 5.91 Å². The number of fused-ring (bicyclic) bond motifs is 1. The second kappa shape index (κ2) is 9.01. The van der Waals surface area contributed by atoms with Crippen molar-refractivity contribution in [3.8, 4) is 11.3 Å². The van der Waals surface area contributed by atoms with E-state index in [1.165, 1.54) is 6.33 Å². The molecule has 0 unspecified atom stereocenters. The van der Waals surface area contributed by atoms with E-state index in [1.54, 1.807) is 12.4 Å². The number of aryl methyl sites for hydroxylation is 1. The maximum absolute atomic E-state index is 13.1. The van der Waals surface area contributed by atoms with Gasteiger partial charge in [-0.15, -0.1) is 0 Å². The summed E-state index contributed by atoms with van der Waals surface area (Å²) in [6, 6.07) is 25.5. The van der Waals surface area contributed by atoms with E-state index >= 15 is 0 Å². The Kier molecular flexibility index (Phi) is 5.60. The number of carbonyl (C=O) groups excluding carboxylic acids is 1. The molecule has 5 aromatic rings. The lowest BCUT2D eigenvalue weighted by molar-refractivity contribution is 0.102. The predicted molar refractivity (Wildman–Crippen MR) is 131 cm³/mol.